The van der Waals surface area contributed by atoms with Crippen molar-refractivity contribution in [3.63, 3.8) is 0 Å². The zero-order valence-electron chi connectivity index (χ0n) is 9.16. The fraction of sp³-hybridized carbons (Fsp3) is 0. The van der Waals surface area contributed by atoms with Gasteiger partial charge in [-0.2, -0.15) is 0 Å². The van der Waals surface area contributed by atoms with E-state index in [9.17, 15) is 0 Å². The Bertz CT molecular complexity index is 524. The lowest BCUT2D eigenvalue weighted by Gasteiger charge is -1.97. The molecule has 0 aliphatic carbocycles. The highest BCUT2D eigenvalue weighted by atomic mass is 35.5. The van der Waals surface area contributed by atoms with E-state index in [2.05, 4.69) is 9.95 Å². The average Bonchev–Trinajstić information content (AvgIpc) is 2.39. The molecule has 90 valence electrons. The lowest BCUT2D eigenvalue weighted by Crippen LogP contribution is -3.00. The van der Waals surface area contributed by atoms with E-state index in [4.69, 9.17) is 10.8 Å². The van der Waals surface area contributed by atoms with Gasteiger partial charge in [0.05, 0.1) is 0 Å². The van der Waals surface area contributed by atoms with Gasteiger partial charge in [-0.05, 0) is 35.4 Å². The maximum absolute atomic E-state index is 8.55. The van der Waals surface area contributed by atoms with Gasteiger partial charge in [0, 0.05) is 24.3 Å². The fourth-order valence-corrected chi connectivity index (χ4v) is 1.44. The molecule has 0 fully saturated rings. The van der Waals surface area contributed by atoms with Gasteiger partial charge >= 0.3 is 11.4 Å². The second-order valence-electron chi connectivity index (χ2n) is 3.29. The molecular formula is C12H8Cl2N4. The zero-order chi connectivity index (χ0) is 11.4. The first-order chi connectivity index (χ1) is 7.83. The van der Waals surface area contributed by atoms with Crippen LogP contribution in [0.25, 0.3) is 21.1 Å². The Balaban J connectivity index is 0.00000144. The third-order valence-electron chi connectivity index (χ3n) is 2.30. The topological polar surface area (TPSA) is 56.3 Å². The lowest BCUT2D eigenvalue weighted by molar-refractivity contribution is -0.001000. The molecule has 0 spiro atoms. The molecule has 0 aromatic heterocycles. The molecule has 0 atom stereocenters. The number of benzene rings is 2. The Labute approximate surface area is 117 Å². The molecule has 0 heterocycles. The van der Waals surface area contributed by atoms with E-state index in [1.54, 1.807) is 24.3 Å². The number of hydrogen-bond acceptors (Lipinski definition) is 2. The highest BCUT2D eigenvalue weighted by Crippen LogP contribution is 2.24. The van der Waals surface area contributed by atoms with Gasteiger partial charge in [-0.15, -0.1) is 0 Å². The fourth-order valence-electron chi connectivity index (χ4n) is 1.44. The van der Waals surface area contributed by atoms with Gasteiger partial charge in [-0.25, -0.2) is 0 Å². The van der Waals surface area contributed by atoms with Crippen LogP contribution in [0.3, 0.4) is 0 Å². The first-order valence-electron chi connectivity index (χ1n) is 4.74. The minimum atomic E-state index is 0. The van der Waals surface area contributed by atoms with E-state index >= 15 is 0 Å². The van der Waals surface area contributed by atoms with E-state index in [0.717, 1.165) is 11.1 Å². The van der Waals surface area contributed by atoms with Crippen LogP contribution in [0, 0.1) is 10.8 Å². The minimum Gasteiger partial charge on any atom is -1.00 e. The van der Waals surface area contributed by atoms with Crippen LogP contribution < -0.4 is 24.8 Å². The predicted molar refractivity (Wildman–Crippen MR) is 61.4 cm³/mol. The van der Waals surface area contributed by atoms with Gasteiger partial charge in [0.15, 0.2) is 9.95 Å². The quantitative estimate of drug-likeness (QED) is 0.586. The van der Waals surface area contributed by atoms with E-state index in [1.807, 2.05) is 24.3 Å². The van der Waals surface area contributed by atoms with Gasteiger partial charge in [-0.1, -0.05) is 0 Å². The van der Waals surface area contributed by atoms with Crippen molar-refractivity contribution in [1.82, 2.24) is 0 Å². The highest BCUT2D eigenvalue weighted by Gasteiger charge is 2.06. The molecule has 0 N–H and O–H groups in total. The second kappa shape index (κ2) is 7.24. The molecule has 0 bridgehead atoms. The van der Waals surface area contributed by atoms with Gasteiger partial charge < -0.3 is 24.8 Å². The van der Waals surface area contributed by atoms with E-state index in [0.29, 0.717) is 11.4 Å². The van der Waals surface area contributed by atoms with Crippen LogP contribution in [0.15, 0.2) is 48.5 Å². The summed E-state index contributed by atoms with van der Waals surface area (Å²) in [6, 6.07) is 14.3. The Morgan fingerprint density at radius 3 is 1.06 bits per heavy atom. The number of nitrogens with zero attached hydrogens (tertiary/aromatic N) is 4. The van der Waals surface area contributed by atoms with Crippen LogP contribution in [-0.2, 0) is 0 Å². The Morgan fingerprint density at radius 1 is 0.556 bits per heavy atom. The van der Waals surface area contributed by atoms with Crippen molar-refractivity contribution in [2.45, 2.75) is 0 Å². The summed E-state index contributed by atoms with van der Waals surface area (Å²) < 4.78 is 0. The summed E-state index contributed by atoms with van der Waals surface area (Å²) in [7, 11) is 0. The number of diazo groups is 2. The van der Waals surface area contributed by atoms with Crippen LogP contribution in [-0.4, -0.2) is 0 Å². The Hall–Kier alpha value is -2.14. The highest BCUT2D eigenvalue weighted by molar-refractivity contribution is 5.68. The summed E-state index contributed by atoms with van der Waals surface area (Å²) >= 11 is 0. The molecule has 6 heteroatoms. The normalized spacial score (nSPS) is 8.11. The van der Waals surface area contributed by atoms with E-state index < -0.39 is 0 Å². The first kappa shape index (κ1) is 15.9. The third-order valence-corrected chi connectivity index (χ3v) is 2.30. The van der Waals surface area contributed by atoms with Crippen LogP contribution in [0.1, 0.15) is 0 Å². The van der Waals surface area contributed by atoms with Crippen molar-refractivity contribution in [2.75, 3.05) is 0 Å². The minimum absolute atomic E-state index is 0. The number of rotatable bonds is 1. The SMILES string of the molecule is N#[N+]c1ccc(-c2ccc([N+]#N)cc2)cc1.[Cl-].[Cl-]. The summed E-state index contributed by atoms with van der Waals surface area (Å²) in [6.07, 6.45) is 0. The van der Waals surface area contributed by atoms with Crippen molar-refractivity contribution in [1.29, 1.82) is 10.8 Å². The molecule has 2 aromatic rings. The molecule has 0 amide bonds. The third kappa shape index (κ3) is 3.43. The summed E-state index contributed by atoms with van der Waals surface area (Å²) in [5.41, 5.74) is 3.06. The van der Waals surface area contributed by atoms with Crippen LogP contribution in [0.5, 0.6) is 0 Å². The zero-order valence-corrected chi connectivity index (χ0v) is 10.7. The van der Waals surface area contributed by atoms with Gasteiger partial charge in [-0.3, -0.25) is 0 Å². The summed E-state index contributed by atoms with van der Waals surface area (Å²) in [5, 5.41) is 17.1. The molecule has 0 aliphatic rings. The molecule has 0 saturated heterocycles. The molecule has 0 saturated carbocycles. The maximum Gasteiger partial charge on any atom is 0.385 e. The Kier molecular flexibility index (Phi) is 6.38. The van der Waals surface area contributed by atoms with Crippen molar-refractivity contribution < 1.29 is 24.8 Å². The predicted octanol–water partition coefficient (Wildman–Crippen LogP) is -1.67. The molecule has 18 heavy (non-hydrogen) atoms. The van der Waals surface area contributed by atoms with E-state index in [-0.39, 0.29) is 24.8 Å². The molecule has 2 rings (SSSR count). The van der Waals surface area contributed by atoms with Gasteiger partial charge in [0.25, 0.3) is 0 Å². The largest absolute Gasteiger partial charge is 1.00 e. The van der Waals surface area contributed by atoms with Crippen LogP contribution in [0.2, 0.25) is 0 Å². The molecule has 0 radical (unpaired) electrons. The number of halogens is 2. The average molecular weight is 279 g/mol. The van der Waals surface area contributed by atoms with Crippen molar-refractivity contribution >= 4 is 11.4 Å². The van der Waals surface area contributed by atoms with Crippen molar-refractivity contribution in [3.8, 4) is 11.1 Å². The standard InChI is InChI=1S/C12H8N4.2ClH/c13-15-11-5-1-9(2-6-11)10-3-7-12(16-14)8-4-10;;/h1-8H;2*1H/q+2;;/p-2. The van der Waals surface area contributed by atoms with Crippen LogP contribution >= 0.6 is 0 Å². The first-order valence-corrected chi connectivity index (χ1v) is 4.74. The molecule has 0 aliphatic heterocycles. The van der Waals surface area contributed by atoms with Crippen molar-refractivity contribution in [2.24, 2.45) is 0 Å². The van der Waals surface area contributed by atoms with E-state index in [1.165, 1.54) is 0 Å². The summed E-state index contributed by atoms with van der Waals surface area (Å²) in [5.74, 6) is 0. The summed E-state index contributed by atoms with van der Waals surface area (Å²) in [6.45, 7) is 0. The Morgan fingerprint density at radius 2 is 0.833 bits per heavy atom. The summed E-state index contributed by atoms with van der Waals surface area (Å²) in [4.78, 5) is 6.17. The maximum atomic E-state index is 8.55. The molecular weight excluding hydrogens is 271 g/mol. The van der Waals surface area contributed by atoms with Gasteiger partial charge in [0.1, 0.15) is 0 Å². The molecule has 2 aromatic carbocycles. The number of hydrogen-bond donors (Lipinski definition) is 0. The molecule has 0 unspecified atom stereocenters. The molecule has 4 nitrogen and oxygen atoms in total. The lowest BCUT2D eigenvalue weighted by atomic mass is 10.1. The van der Waals surface area contributed by atoms with Crippen LogP contribution in [0.4, 0.5) is 11.4 Å². The van der Waals surface area contributed by atoms with Gasteiger partial charge in [0.2, 0.25) is 10.8 Å². The van der Waals surface area contributed by atoms with Crippen molar-refractivity contribution in [3.05, 3.63) is 58.5 Å². The smallest absolute Gasteiger partial charge is 0.385 e. The monoisotopic (exact) mass is 278 g/mol. The second-order valence-corrected chi connectivity index (χ2v) is 3.29.